The molecular weight excluding hydrogens is 525 g/mol. The maximum atomic E-state index is 13.7. The van der Waals surface area contributed by atoms with Gasteiger partial charge >= 0.3 is 0 Å². The molecule has 0 N–H and O–H groups in total. The lowest BCUT2D eigenvalue weighted by Gasteiger charge is -2.28. The van der Waals surface area contributed by atoms with Gasteiger partial charge in [0.2, 0.25) is 11.8 Å². The number of benzene rings is 4. The number of fused-ring (bicyclic) bond motifs is 1. The zero-order valence-corrected chi connectivity index (χ0v) is 22.0. The van der Waals surface area contributed by atoms with Crippen molar-refractivity contribution < 1.29 is 27.9 Å². The zero-order valence-electron chi connectivity index (χ0n) is 22.0. The van der Waals surface area contributed by atoms with E-state index < -0.39 is 29.6 Å². The fraction of sp³-hybridized carbons (Fsp3) is 0.125. The van der Waals surface area contributed by atoms with Gasteiger partial charge in [0.1, 0.15) is 23.1 Å². The minimum absolute atomic E-state index is 0.00447. The summed E-state index contributed by atoms with van der Waals surface area (Å²) in [6.07, 6.45) is -0.192. The van der Waals surface area contributed by atoms with Gasteiger partial charge in [-0.05, 0) is 72.3 Å². The van der Waals surface area contributed by atoms with Crippen LogP contribution < -0.4 is 9.64 Å². The molecule has 1 unspecified atom stereocenters. The largest absolute Gasteiger partial charge is 0.497 e. The van der Waals surface area contributed by atoms with Gasteiger partial charge in [0.25, 0.3) is 11.8 Å². The Bertz CT molecular complexity index is 1730. The van der Waals surface area contributed by atoms with Crippen molar-refractivity contribution in [1.29, 1.82) is 0 Å². The monoisotopic (exact) mass is 549 g/mol. The maximum absolute atomic E-state index is 13.7. The van der Waals surface area contributed by atoms with E-state index in [9.17, 15) is 18.8 Å². The average Bonchev–Trinajstić information content (AvgIpc) is 3.57. The standard InChI is InChI=1S/C32H24FN3O5/c1-40-25-6-4-5-22(17-25)31(38)35(19-20-9-13-23(33)14-10-20)27-18-29(37)36(32(27)39)24-15-11-21(12-16-24)30-34-26-7-2-3-8-28(26)41-30/h2-17,27H,18-19H2,1H3. The Labute approximate surface area is 234 Å². The van der Waals surface area contributed by atoms with Crippen LogP contribution in [0.1, 0.15) is 22.3 Å². The topological polar surface area (TPSA) is 92.9 Å². The molecule has 1 aliphatic rings. The van der Waals surface area contributed by atoms with Crippen LogP contribution >= 0.6 is 0 Å². The zero-order chi connectivity index (χ0) is 28.5. The molecule has 3 amide bonds. The summed E-state index contributed by atoms with van der Waals surface area (Å²) in [7, 11) is 1.49. The molecule has 8 nitrogen and oxygen atoms in total. The Morgan fingerprint density at radius 2 is 1.76 bits per heavy atom. The number of nitrogens with zero attached hydrogens (tertiary/aromatic N) is 3. The van der Waals surface area contributed by atoms with E-state index >= 15 is 0 Å². The van der Waals surface area contributed by atoms with Crippen LogP contribution in [0.3, 0.4) is 0 Å². The average molecular weight is 550 g/mol. The molecule has 1 saturated heterocycles. The lowest BCUT2D eigenvalue weighted by atomic mass is 10.1. The molecule has 1 aliphatic heterocycles. The van der Waals surface area contributed by atoms with E-state index in [1.165, 1.54) is 24.1 Å². The highest BCUT2D eigenvalue weighted by Gasteiger charge is 2.44. The highest BCUT2D eigenvalue weighted by Crippen LogP contribution is 2.31. The first-order valence-corrected chi connectivity index (χ1v) is 12.9. The predicted molar refractivity (Wildman–Crippen MR) is 150 cm³/mol. The van der Waals surface area contributed by atoms with E-state index in [0.29, 0.717) is 39.6 Å². The highest BCUT2D eigenvalue weighted by atomic mass is 19.1. The van der Waals surface area contributed by atoms with E-state index in [0.717, 1.165) is 10.4 Å². The van der Waals surface area contributed by atoms with Gasteiger partial charge in [-0.15, -0.1) is 0 Å². The van der Waals surface area contributed by atoms with Gasteiger partial charge < -0.3 is 14.1 Å². The van der Waals surface area contributed by atoms with Crippen molar-refractivity contribution in [1.82, 2.24) is 9.88 Å². The second-order valence-corrected chi connectivity index (χ2v) is 9.61. The van der Waals surface area contributed by atoms with Crippen LogP contribution in [0.5, 0.6) is 5.75 Å². The van der Waals surface area contributed by atoms with Crippen molar-refractivity contribution in [2.24, 2.45) is 0 Å². The first-order valence-electron chi connectivity index (χ1n) is 12.9. The Kier molecular flexibility index (Phi) is 6.76. The molecule has 0 aliphatic carbocycles. The Morgan fingerprint density at radius 1 is 1.00 bits per heavy atom. The van der Waals surface area contributed by atoms with Crippen molar-refractivity contribution in [3.63, 3.8) is 0 Å². The lowest BCUT2D eigenvalue weighted by Crippen LogP contribution is -2.45. The van der Waals surface area contributed by atoms with Gasteiger partial charge in [0.15, 0.2) is 5.58 Å². The number of hydrogen-bond acceptors (Lipinski definition) is 6. The minimum Gasteiger partial charge on any atom is -0.497 e. The fourth-order valence-electron chi connectivity index (χ4n) is 4.91. The number of para-hydroxylation sites is 2. The molecule has 204 valence electrons. The second kappa shape index (κ2) is 10.7. The van der Waals surface area contributed by atoms with Crippen LogP contribution in [0.25, 0.3) is 22.6 Å². The molecule has 1 aromatic heterocycles. The van der Waals surface area contributed by atoms with Crippen molar-refractivity contribution in [3.05, 3.63) is 114 Å². The number of amides is 3. The maximum Gasteiger partial charge on any atom is 0.257 e. The first-order chi connectivity index (χ1) is 19.9. The number of halogens is 1. The number of methoxy groups -OCH3 is 1. The molecule has 0 spiro atoms. The molecule has 5 aromatic rings. The van der Waals surface area contributed by atoms with Crippen LogP contribution in [-0.2, 0) is 16.1 Å². The normalized spacial score (nSPS) is 15.0. The molecule has 0 radical (unpaired) electrons. The molecule has 0 saturated carbocycles. The molecule has 9 heteroatoms. The number of carbonyl (C=O) groups excluding carboxylic acids is 3. The molecule has 6 rings (SSSR count). The van der Waals surface area contributed by atoms with Gasteiger partial charge in [0, 0.05) is 17.7 Å². The van der Waals surface area contributed by atoms with Crippen molar-refractivity contribution in [3.8, 4) is 17.2 Å². The van der Waals surface area contributed by atoms with Crippen LogP contribution in [0.4, 0.5) is 10.1 Å². The Hall–Kier alpha value is -5.31. The van der Waals surface area contributed by atoms with Gasteiger partial charge in [-0.25, -0.2) is 14.3 Å². The lowest BCUT2D eigenvalue weighted by molar-refractivity contribution is -0.122. The molecule has 41 heavy (non-hydrogen) atoms. The highest BCUT2D eigenvalue weighted by molar-refractivity contribution is 6.23. The van der Waals surface area contributed by atoms with Gasteiger partial charge in [-0.2, -0.15) is 0 Å². The SMILES string of the molecule is COc1cccc(C(=O)N(Cc2ccc(F)cc2)C2CC(=O)N(c3ccc(-c4nc5ccccc5o4)cc3)C2=O)c1. The second-order valence-electron chi connectivity index (χ2n) is 9.61. The van der Waals surface area contributed by atoms with E-state index in [1.807, 2.05) is 24.3 Å². The number of oxazole rings is 1. The molecule has 1 atom stereocenters. The van der Waals surface area contributed by atoms with E-state index in [4.69, 9.17) is 9.15 Å². The number of rotatable bonds is 7. The molecule has 4 aromatic carbocycles. The first kappa shape index (κ1) is 25.9. The minimum atomic E-state index is -1.05. The summed E-state index contributed by atoms with van der Waals surface area (Å²) in [4.78, 5) is 47.6. The van der Waals surface area contributed by atoms with Gasteiger partial charge in [-0.1, -0.05) is 30.3 Å². The molecule has 2 heterocycles. The van der Waals surface area contributed by atoms with Gasteiger partial charge in [-0.3, -0.25) is 14.4 Å². The number of carbonyl (C=O) groups is 3. The Morgan fingerprint density at radius 3 is 2.49 bits per heavy atom. The number of hydrogen-bond donors (Lipinski definition) is 0. The summed E-state index contributed by atoms with van der Waals surface area (Å²) in [5, 5.41) is 0. The fourth-order valence-corrected chi connectivity index (χ4v) is 4.91. The summed E-state index contributed by atoms with van der Waals surface area (Å²) in [6, 6.07) is 25.4. The molecule has 1 fully saturated rings. The van der Waals surface area contributed by atoms with Crippen molar-refractivity contribution in [2.75, 3.05) is 12.0 Å². The number of anilines is 1. The molecule has 0 bridgehead atoms. The third-order valence-electron chi connectivity index (χ3n) is 7.01. The third kappa shape index (κ3) is 5.05. The van der Waals surface area contributed by atoms with Crippen LogP contribution in [0, 0.1) is 5.82 Å². The van der Waals surface area contributed by atoms with Crippen molar-refractivity contribution >= 4 is 34.5 Å². The number of imide groups is 1. The smallest absolute Gasteiger partial charge is 0.257 e. The Balaban J connectivity index is 1.29. The third-order valence-corrected chi connectivity index (χ3v) is 7.01. The van der Waals surface area contributed by atoms with E-state index in [-0.39, 0.29) is 13.0 Å². The van der Waals surface area contributed by atoms with Crippen LogP contribution in [0.2, 0.25) is 0 Å². The van der Waals surface area contributed by atoms with E-state index in [2.05, 4.69) is 4.98 Å². The van der Waals surface area contributed by atoms with Gasteiger partial charge in [0.05, 0.1) is 19.2 Å². The summed E-state index contributed by atoms with van der Waals surface area (Å²) >= 11 is 0. The molecular formula is C32H24FN3O5. The predicted octanol–water partition coefficient (Wildman–Crippen LogP) is 5.62. The number of aromatic nitrogens is 1. The summed E-state index contributed by atoms with van der Waals surface area (Å²) in [5.41, 5.74) is 3.35. The van der Waals surface area contributed by atoms with E-state index in [1.54, 1.807) is 60.7 Å². The quantitative estimate of drug-likeness (QED) is 0.245. The summed E-state index contributed by atoms with van der Waals surface area (Å²) < 4.78 is 24.6. The van der Waals surface area contributed by atoms with Crippen molar-refractivity contribution in [2.45, 2.75) is 19.0 Å². The summed E-state index contributed by atoms with van der Waals surface area (Å²) in [6.45, 7) is 0.00447. The number of ether oxygens (including phenoxy) is 1. The van der Waals surface area contributed by atoms with Crippen LogP contribution in [-0.4, -0.2) is 40.8 Å². The summed E-state index contributed by atoms with van der Waals surface area (Å²) in [5.74, 6) is -0.928. The van der Waals surface area contributed by atoms with Crippen LogP contribution in [0.15, 0.2) is 101 Å².